The molecular formula is C14H26N2P2. The van der Waals surface area contributed by atoms with Gasteiger partial charge in [0.05, 0.1) is 10.9 Å². The summed E-state index contributed by atoms with van der Waals surface area (Å²) in [7, 11) is 5.21. The van der Waals surface area contributed by atoms with Gasteiger partial charge in [0.1, 0.15) is 0 Å². The second-order valence-electron chi connectivity index (χ2n) is 5.01. The molecule has 0 N–H and O–H groups in total. The van der Waals surface area contributed by atoms with E-state index in [0.717, 1.165) is 5.44 Å². The van der Waals surface area contributed by atoms with Gasteiger partial charge in [-0.2, -0.15) is 10.2 Å². The monoisotopic (exact) mass is 284 g/mol. The molecule has 1 aliphatic carbocycles. The number of hydrogen-bond donors (Lipinski definition) is 0. The van der Waals surface area contributed by atoms with E-state index in [1.54, 1.807) is 0 Å². The third-order valence-corrected chi connectivity index (χ3v) is 3.99. The molecule has 1 saturated carbocycles. The Morgan fingerprint density at radius 1 is 0.778 bits per heavy atom. The molecular weight excluding hydrogens is 258 g/mol. The van der Waals surface area contributed by atoms with Crippen LogP contribution in [0.1, 0.15) is 64.2 Å². The topological polar surface area (TPSA) is 24.7 Å². The van der Waals surface area contributed by atoms with Gasteiger partial charge in [0.2, 0.25) is 0 Å². The lowest BCUT2D eigenvalue weighted by Crippen LogP contribution is -1.88. The van der Waals surface area contributed by atoms with E-state index in [0.29, 0.717) is 5.44 Å². The Bertz CT molecular complexity index is 308. The first kappa shape index (κ1) is 16.0. The molecule has 1 rings (SSSR count). The van der Waals surface area contributed by atoms with E-state index in [2.05, 4.69) is 35.3 Å². The van der Waals surface area contributed by atoms with Gasteiger partial charge in [-0.3, -0.25) is 0 Å². The first-order chi connectivity index (χ1) is 8.70. The summed E-state index contributed by atoms with van der Waals surface area (Å²) < 4.78 is 0. The Morgan fingerprint density at radius 3 is 1.67 bits per heavy atom. The lowest BCUT2D eigenvalue weighted by molar-refractivity contribution is 0.585. The van der Waals surface area contributed by atoms with Gasteiger partial charge < -0.3 is 0 Å². The van der Waals surface area contributed by atoms with Crippen molar-refractivity contribution >= 4 is 18.5 Å². The van der Waals surface area contributed by atoms with Crippen molar-refractivity contribution < 1.29 is 0 Å². The average Bonchev–Trinajstić information content (AvgIpc) is 2.40. The minimum atomic E-state index is 0.687. The summed E-state index contributed by atoms with van der Waals surface area (Å²) in [6.45, 7) is 3.72. The fourth-order valence-electron chi connectivity index (χ4n) is 2.31. The molecule has 0 bridgehead atoms. The Kier molecular flexibility index (Phi) is 8.72. The Balaban J connectivity index is 2.61. The first-order valence-electron chi connectivity index (χ1n) is 7.04. The van der Waals surface area contributed by atoms with Crippen LogP contribution in [-0.4, -0.2) is 0 Å². The van der Waals surface area contributed by atoms with Crippen LogP contribution in [0.3, 0.4) is 0 Å². The molecule has 0 saturated heterocycles. The number of allylic oxidation sites excluding steroid dienone is 1. The molecule has 2 nitrogen and oxygen atoms in total. The Labute approximate surface area is 116 Å². The summed E-state index contributed by atoms with van der Waals surface area (Å²) in [5, 5.41) is 8.27. The van der Waals surface area contributed by atoms with E-state index >= 15 is 0 Å². The van der Waals surface area contributed by atoms with E-state index in [-0.39, 0.29) is 0 Å². The van der Waals surface area contributed by atoms with Crippen molar-refractivity contribution in [2.45, 2.75) is 64.2 Å². The van der Waals surface area contributed by atoms with E-state index in [1.807, 2.05) is 0 Å². The van der Waals surface area contributed by atoms with Crippen LogP contribution in [0.25, 0.3) is 0 Å². The second kappa shape index (κ2) is 9.82. The molecule has 0 heterocycles. The molecule has 102 valence electrons. The lowest BCUT2D eigenvalue weighted by Gasteiger charge is -2.08. The summed E-state index contributed by atoms with van der Waals surface area (Å²) in [6, 6.07) is 0. The molecule has 0 radical (unpaired) electrons. The summed E-state index contributed by atoms with van der Waals surface area (Å²) in [6.07, 6.45) is 13.3. The van der Waals surface area contributed by atoms with Gasteiger partial charge in [-0.15, -0.1) is 0 Å². The molecule has 0 aromatic heterocycles. The van der Waals surface area contributed by atoms with Gasteiger partial charge in [0.25, 0.3) is 0 Å². The molecule has 0 spiro atoms. The Hall–Kier alpha value is -0.0600. The van der Waals surface area contributed by atoms with E-state index in [1.165, 1.54) is 69.8 Å². The van der Waals surface area contributed by atoms with Gasteiger partial charge in [-0.05, 0) is 31.3 Å². The lowest BCUT2D eigenvalue weighted by atomic mass is 10.0. The van der Waals surface area contributed by atoms with E-state index in [4.69, 9.17) is 0 Å². The quantitative estimate of drug-likeness (QED) is 0.453. The largest absolute Gasteiger partial charge is 0.151 e. The fraction of sp³-hybridized carbons (Fsp3) is 0.714. The number of azo groups is 1. The molecule has 18 heavy (non-hydrogen) atoms. The molecule has 1 aliphatic rings. The van der Waals surface area contributed by atoms with E-state index < -0.39 is 0 Å². The maximum absolute atomic E-state index is 4.24. The van der Waals surface area contributed by atoms with Crippen LogP contribution in [0.2, 0.25) is 0 Å². The predicted molar refractivity (Wildman–Crippen MR) is 86.6 cm³/mol. The molecule has 4 heteroatoms. The van der Waals surface area contributed by atoms with Crippen molar-refractivity contribution in [3.63, 3.8) is 0 Å². The smallest absolute Gasteiger partial charge is 0.0787 e. The highest BCUT2D eigenvalue weighted by atomic mass is 31.0. The van der Waals surface area contributed by atoms with Crippen LogP contribution < -0.4 is 0 Å². The van der Waals surface area contributed by atoms with Crippen LogP contribution in [-0.2, 0) is 0 Å². The van der Waals surface area contributed by atoms with Gasteiger partial charge in [-0.1, -0.05) is 63.6 Å². The van der Waals surface area contributed by atoms with Crippen molar-refractivity contribution in [3.8, 4) is 0 Å². The molecule has 0 amide bonds. The zero-order valence-corrected chi connectivity index (χ0v) is 13.6. The average molecular weight is 284 g/mol. The van der Waals surface area contributed by atoms with Crippen LogP contribution in [0, 0.1) is 0 Å². The minimum absolute atomic E-state index is 0.687. The van der Waals surface area contributed by atoms with Gasteiger partial charge in [0, 0.05) is 0 Å². The maximum Gasteiger partial charge on any atom is 0.0787 e. The molecule has 1 fully saturated rings. The molecule has 0 aromatic rings. The third kappa shape index (κ3) is 7.39. The fourth-order valence-corrected chi connectivity index (χ4v) is 2.71. The van der Waals surface area contributed by atoms with Crippen LogP contribution >= 0.6 is 18.5 Å². The van der Waals surface area contributed by atoms with Crippen molar-refractivity contribution in [2.24, 2.45) is 10.2 Å². The molecule has 0 aromatic carbocycles. The molecule has 0 aliphatic heterocycles. The van der Waals surface area contributed by atoms with Crippen LogP contribution in [0.5, 0.6) is 0 Å². The van der Waals surface area contributed by atoms with Crippen molar-refractivity contribution in [2.75, 3.05) is 0 Å². The van der Waals surface area contributed by atoms with Crippen molar-refractivity contribution in [1.82, 2.24) is 0 Å². The SMILES string of the molecule is C=C(P)/N=N\C(P)=C1CCCCCCCCCC1. The zero-order chi connectivity index (χ0) is 13.2. The normalized spacial score (nSPS) is 19.6. The van der Waals surface area contributed by atoms with Crippen LogP contribution in [0.15, 0.2) is 33.3 Å². The van der Waals surface area contributed by atoms with Crippen molar-refractivity contribution in [3.05, 3.63) is 23.0 Å². The number of nitrogens with zero attached hydrogens (tertiary/aromatic N) is 2. The summed E-state index contributed by atoms with van der Waals surface area (Å²) >= 11 is 0. The van der Waals surface area contributed by atoms with E-state index in [9.17, 15) is 0 Å². The van der Waals surface area contributed by atoms with Gasteiger partial charge in [-0.25, -0.2) is 0 Å². The van der Waals surface area contributed by atoms with Crippen molar-refractivity contribution in [1.29, 1.82) is 0 Å². The molecule has 2 atom stereocenters. The highest BCUT2D eigenvalue weighted by molar-refractivity contribution is 7.22. The predicted octanol–water partition coefficient (Wildman–Crippen LogP) is 5.79. The highest BCUT2D eigenvalue weighted by Crippen LogP contribution is 2.27. The minimum Gasteiger partial charge on any atom is -0.151 e. The van der Waals surface area contributed by atoms with Crippen LogP contribution in [0.4, 0.5) is 0 Å². The Morgan fingerprint density at radius 2 is 1.22 bits per heavy atom. The third-order valence-electron chi connectivity index (χ3n) is 3.36. The van der Waals surface area contributed by atoms with Gasteiger partial charge in [0.15, 0.2) is 0 Å². The summed E-state index contributed by atoms with van der Waals surface area (Å²) in [5.41, 5.74) is 3.18. The van der Waals surface area contributed by atoms with Gasteiger partial charge >= 0.3 is 0 Å². The standard InChI is InChI=1S/C14H26N2P2/c1-12(17)15-16-14(18)13-10-8-6-4-2-3-5-7-9-11-13/h1-11,17-18H2/b16-15-. The second-order valence-corrected chi connectivity index (χ2v) is 6.22. The summed E-state index contributed by atoms with van der Waals surface area (Å²) in [5.74, 6) is 0. The number of hydrogen-bond acceptors (Lipinski definition) is 2. The highest BCUT2D eigenvalue weighted by Gasteiger charge is 2.05. The summed E-state index contributed by atoms with van der Waals surface area (Å²) in [4.78, 5) is 0. The first-order valence-corrected chi connectivity index (χ1v) is 8.19. The maximum atomic E-state index is 4.24. The number of rotatable bonds is 2. The molecule has 2 unspecified atom stereocenters. The zero-order valence-electron chi connectivity index (χ0n) is 11.3.